The van der Waals surface area contributed by atoms with E-state index in [9.17, 15) is 8.42 Å². The Labute approximate surface area is 228 Å². The van der Waals surface area contributed by atoms with Crippen molar-refractivity contribution in [1.29, 1.82) is 0 Å². The van der Waals surface area contributed by atoms with Crippen LogP contribution in [0.2, 0.25) is 0 Å². The zero-order valence-corrected chi connectivity index (χ0v) is 23.7. The molecule has 0 unspecified atom stereocenters. The summed E-state index contributed by atoms with van der Waals surface area (Å²) in [7, 11) is -3.51. The number of para-hydroxylation sites is 2. The van der Waals surface area contributed by atoms with Crippen LogP contribution in [0.15, 0.2) is 68.0 Å². The Bertz CT molecular complexity index is 1720. The zero-order valence-electron chi connectivity index (χ0n) is 18.8. The molecule has 0 saturated heterocycles. The number of sulfone groups is 1. The van der Waals surface area contributed by atoms with Crippen molar-refractivity contribution >= 4 is 87.4 Å². The lowest BCUT2D eigenvalue weighted by molar-refractivity contribution is 0.590. The van der Waals surface area contributed by atoms with Crippen molar-refractivity contribution in [2.45, 2.75) is 27.3 Å². The van der Waals surface area contributed by atoms with Gasteiger partial charge in [-0.2, -0.15) is 0 Å². The average Bonchev–Trinajstić information content (AvgIpc) is 3.66. The van der Waals surface area contributed by atoms with Crippen molar-refractivity contribution in [1.82, 2.24) is 19.9 Å². The molecule has 0 spiro atoms. The highest BCUT2D eigenvalue weighted by Crippen LogP contribution is 2.34. The van der Waals surface area contributed by atoms with Gasteiger partial charge in [0.15, 0.2) is 4.34 Å². The molecule has 36 heavy (non-hydrogen) atoms. The van der Waals surface area contributed by atoms with Gasteiger partial charge in [-0.3, -0.25) is 0 Å². The van der Waals surface area contributed by atoms with Gasteiger partial charge in [0.05, 0.1) is 36.9 Å². The molecule has 4 aromatic heterocycles. The number of rotatable bonds is 8. The molecule has 0 amide bonds. The van der Waals surface area contributed by atoms with Crippen LogP contribution in [0.4, 0.5) is 0 Å². The normalized spacial score (nSPS) is 13.0. The van der Waals surface area contributed by atoms with Gasteiger partial charge in [-0.15, -0.1) is 45.3 Å². The minimum atomic E-state index is -3.51. The zero-order chi connectivity index (χ0) is 24.7. The number of aromatic nitrogens is 4. The van der Waals surface area contributed by atoms with Crippen LogP contribution in [0, 0.1) is 0 Å². The number of thioether (sulfide) groups is 1. The maximum atomic E-state index is 13.0. The Kier molecular flexibility index (Phi) is 6.65. The molecule has 0 aliphatic rings. The SMILES string of the molecule is C[C@@H](CS(=O)(=O)c1nc2ccccc2s1)c1nc(-c2nc(CSc3nc4ccccc4s3)cs2)cs1. The summed E-state index contributed by atoms with van der Waals surface area (Å²) in [5.41, 5.74) is 3.52. The first-order valence-corrected chi connectivity index (χ1v) is 16.9. The molecule has 1 atom stereocenters. The van der Waals surface area contributed by atoms with Crippen molar-refractivity contribution < 1.29 is 8.42 Å². The maximum absolute atomic E-state index is 13.0. The van der Waals surface area contributed by atoms with E-state index in [2.05, 4.69) is 21.4 Å². The van der Waals surface area contributed by atoms with Crippen molar-refractivity contribution in [2.24, 2.45) is 0 Å². The van der Waals surface area contributed by atoms with Crippen molar-refractivity contribution in [2.75, 3.05) is 5.75 Å². The van der Waals surface area contributed by atoms with Crippen molar-refractivity contribution in [3.8, 4) is 10.7 Å². The lowest BCUT2D eigenvalue weighted by atomic mass is 10.2. The fourth-order valence-corrected chi connectivity index (χ4v) is 10.4. The molecule has 0 aliphatic carbocycles. The number of fused-ring (bicyclic) bond motifs is 2. The second-order valence-corrected chi connectivity index (χ2v) is 15.3. The second kappa shape index (κ2) is 9.92. The van der Waals surface area contributed by atoms with E-state index in [0.717, 1.165) is 41.7 Å². The molecule has 2 aromatic carbocycles. The minimum Gasteiger partial charge on any atom is -0.239 e. The highest BCUT2D eigenvalue weighted by molar-refractivity contribution is 8.00. The number of thiazole rings is 4. The third-order valence-electron chi connectivity index (χ3n) is 5.34. The molecule has 4 heterocycles. The summed E-state index contributed by atoms with van der Waals surface area (Å²) in [6.07, 6.45) is 0. The van der Waals surface area contributed by atoms with Crippen LogP contribution in [-0.4, -0.2) is 34.1 Å². The van der Waals surface area contributed by atoms with Crippen LogP contribution in [-0.2, 0) is 15.6 Å². The summed E-state index contributed by atoms with van der Waals surface area (Å²) in [5, 5.41) is 5.64. The highest BCUT2D eigenvalue weighted by Gasteiger charge is 2.25. The molecule has 0 radical (unpaired) electrons. The molecule has 0 N–H and O–H groups in total. The fraction of sp³-hybridized carbons (Fsp3) is 0.167. The standard InChI is InChI=1S/C24H18N4O2S6/c1-14(13-36(29,30)24-28-17-7-3-5-9-20(17)35-24)21-26-18(12-32-21)22-25-15(10-31-22)11-33-23-27-16-6-2-4-8-19(16)34-23/h2-10,12,14H,11,13H2,1H3/t14-/m0/s1. The first kappa shape index (κ1) is 24.1. The molecule has 182 valence electrons. The topological polar surface area (TPSA) is 85.7 Å². The van der Waals surface area contributed by atoms with Gasteiger partial charge in [0.2, 0.25) is 14.2 Å². The smallest absolute Gasteiger partial charge is 0.210 e. The Balaban J connectivity index is 1.12. The highest BCUT2D eigenvalue weighted by atomic mass is 32.2. The van der Waals surface area contributed by atoms with Crippen LogP contribution >= 0.6 is 57.1 Å². The van der Waals surface area contributed by atoms with Crippen molar-refractivity contribution in [3.63, 3.8) is 0 Å². The molecular formula is C24H18N4O2S6. The van der Waals surface area contributed by atoms with Gasteiger partial charge in [0, 0.05) is 22.4 Å². The van der Waals surface area contributed by atoms with Gasteiger partial charge in [-0.25, -0.2) is 28.4 Å². The van der Waals surface area contributed by atoms with Crippen LogP contribution in [0.1, 0.15) is 23.5 Å². The van der Waals surface area contributed by atoms with Gasteiger partial charge in [0.1, 0.15) is 10.7 Å². The van der Waals surface area contributed by atoms with E-state index >= 15 is 0 Å². The van der Waals surface area contributed by atoms with Crippen LogP contribution in [0.25, 0.3) is 31.1 Å². The molecule has 12 heteroatoms. The van der Waals surface area contributed by atoms with Crippen LogP contribution in [0.5, 0.6) is 0 Å². The summed E-state index contributed by atoms with van der Waals surface area (Å²) in [6.45, 7) is 1.90. The van der Waals surface area contributed by atoms with Gasteiger partial charge < -0.3 is 0 Å². The Morgan fingerprint density at radius 3 is 2.33 bits per heavy atom. The fourth-order valence-electron chi connectivity index (χ4n) is 3.61. The van der Waals surface area contributed by atoms with E-state index in [-0.39, 0.29) is 16.0 Å². The van der Waals surface area contributed by atoms with Crippen LogP contribution < -0.4 is 0 Å². The monoisotopic (exact) mass is 586 g/mol. The third kappa shape index (κ3) is 4.98. The number of hydrogen-bond acceptors (Lipinski definition) is 11. The molecule has 6 nitrogen and oxygen atoms in total. The van der Waals surface area contributed by atoms with E-state index in [1.807, 2.05) is 54.8 Å². The third-order valence-corrected chi connectivity index (χ3v) is 12.9. The Morgan fingerprint density at radius 1 is 0.861 bits per heavy atom. The molecule has 0 saturated carbocycles. The quantitative estimate of drug-likeness (QED) is 0.172. The second-order valence-electron chi connectivity index (χ2n) is 8.08. The van der Waals surface area contributed by atoms with Crippen LogP contribution in [0.3, 0.4) is 0 Å². The molecule has 0 fully saturated rings. The molecule has 0 bridgehead atoms. The average molecular weight is 587 g/mol. The summed E-state index contributed by atoms with van der Waals surface area (Å²) in [4.78, 5) is 18.5. The van der Waals surface area contributed by atoms with Gasteiger partial charge in [0.25, 0.3) is 0 Å². The first-order valence-electron chi connectivity index (χ1n) is 10.9. The summed E-state index contributed by atoms with van der Waals surface area (Å²) >= 11 is 7.63. The van der Waals surface area contributed by atoms with Gasteiger partial charge >= 0.3 is 0 Å². The maximum Gasteiger partial charge on any atom is 0.210 e. The lowest BCUT2D eigenvalue weighted by Crippen LogP contribution is -2.12. The largest absolute Gasteiger partial charge is 0.239 e. The Morgan fingerprint density at radius 2 is 1.58 bits per heavy atom. The predicted molar refractivity (Wildman–Crippen MR) is 152 cm³/mol. The summed E-state index contributed by atoms with van der Waals surface area (Å²) in [5.74, 6) is 0.473. The van der Waals surface area contributed by atoms with Gasteiger partial charge in [-0.05, 0) is 24.3 Å². The summed E-state index contributed by atoms with van der Waals surface area (Å²) < 4.78 is 29.3. The number of nitrogens with zero attached hydrogens (tertiary/aromatic N) is 4. The lowest BCUT2D eigenvalue weighted by Gasteiger charge is -2.07. The van der Waals surface area contributed by atoms with E-state index in [0.29, 0.717) is 5.52 Å². The van der Waals surface area contributed by atoms with E-state index in [4.69, 9.17) is 9.97 Å². The molecule has 0 aliphatic heterocycles. The summed E-state index contributed by atoms with van der Waals surface area (Å²) in [6, 6.07) is 15.6. The van der Waals surface area contributed by atoms with Crippen molar-refractivity contribution in [3.05, 3.63) is 70.0 Å². The number of hydrogen-bond donors (Lipinski definition) is 0. The Hall–Kier alpha value is -2.22. The predicted octanol–water partition coefficient (Wildman–Crippen LogP) is 7.36. The number of benzene rings is 2. The van der Waals surface area contributed by atoms with E-state index < -0.39 is 9.84 Å². The van der Waals surface area contributed by atoms with E-state index in [1.165, 1.54) is 27.4 Å². The first-order chi connectivity index (χ1) is 17.4. The minimum absolute atomic E-state index is 0.0261. The van der Waals surface area contributed by atoms with E-state index in [1.54, 1.807) is 34.4 Å². The molecular weight excluding hydrogens is 569 g/mol. The molecule has 6 rings (SSSR count). The van der Waals surface area contributed by atoms with Gasteiger partial charge in [-0.1, -0.05) is 43.0 Å². The molecule has 6 aromatic rings.